The second-order valence-electron chi connectivity index (χ2n) is 4.84. The summed E-state index contributed by atoms with van der Waals surface area (Å²) in [6, 6.07) is 9.53. The average molecular weight is 392 g/mol. The largest absolute Gasteiger partial charge is 0.382 e. The number of nitrogens with zero attached hydrogens (tertiary/aromatic N) is 5. The van der Waals surface area contributed by atoms with Gasteiger partial charge < -0.3 is 5.73 Å². The van der Waals surface area contributed by atoms with E-state index < -0.39 is 10.8 Å². The minimum atomic E-state index is -0.662. The van der Waals surface area contributed by atoms with Crippen molar-refractivity contribution in [1.82, 2.24) is 20.4 Å². The molecular weight excluding hydrogens is 382 g/mol. The lowest BCUT2D eigenvalue weighted by molar-refractivity contribution is -0.380. The highest BCUT2D eigenvalue weighted by atomic mass is 35.5. The van der Waals surface area contributed by atoms with Crippen molar-refractivity contribution in [2.45, 2.75) is 0 Å². The Labute approximate surface area is 155 Å². The second-order valence-corrected chi connectivity index (χ2v) is 6.37. The summed E-state index contributed by atoms with van der Waals surface area (Å²) >= 11 is 6.76. The molecule has 0 atom stereocenters. The zero-order chi connectivity index (χ0) is 18.7. The Bertz CT molecular complexity index is 996. The molecule has 0 radical (unpaired) electrons. The summed E-state index contributed by atoms with van der Waals surface area (Å²) in [7, 11) is 0. The van der Waals surface area contributed by atoms with Crippen molar-refractivity contribution >= 4 is 45.9 Å². The van der Waals surface area contributed by atoms with Gasteiger partial charge in [-0.1, -0.05) is 28.2 Å². The lowest BCUT2D eigenvalue weighted by atomic mass is 10.3. The number of hydrogen-bond donors (Lipinski definition) is 2. The highest BCUT2D eigenvalue weighted by Gasteiger charge is 2.18. The molecule has 0 fully saturated rings. The molecule has 0 unspecified atom stereocenters. The van der Waals surface area contributed by atoms with Gasteiger partial charge >= 0.3 is 5.00 Å². The summed E-state index contributed by atoms with van der Waals surface area (Å²) in [5.74, 6) is -0.628. The molecule has 0 spiro atoms. The van der Waals surface area contributed by atoms with Crippen LogP contribution in [0.2, 0.25) is 5.02 Å². The van der Waals surface area contributed by atoms with E-state index in [2.05, 4.69) is 20.8 Å². The molecule has 0 saturated carbocycles. The van der Waals surface area contributed by atoms with Gasteiger partial charge in [-0.3, -0.25) is 14.9 Å². The third-order valence-corrected chi connectivity index (χ3v) is 4.37. The number of nitrogens with one attached hydrogen (secondary N) is 1. The number of thiophene rings is 1. The van der Waals surface area contributed by atoms with Gasteiger partial charge in [-0.05, 0) is 30.3 Å². The lowest BCUT2D eigenvalue weighted by Crippen LogP contribution is -2.19. The van der Waals surface area contributed by atoms with Gasteiger partial charge in [0.05, 0.1) is 21.7 Å². The molecule has 2 aromatic heterocycles. The van der Waals surface area contributed by atoms with E-state index in [1.54, 1.807) is 24.3 Å². The number of halogens is 1. The SMILES string of the molecule is Nc1c(C(=O)NN=Cc2ccc([N+](=O)[O-])s2)nnn1-c1ccc(Cl)cc1. The van der Waals surface area contributed by atoms with Crippen LogP contribution in [0, 0.1) is 10.1 Å². The van der Waals surface area contributed by atoms with Gasteiger partial charge in [0.25, 0.3) is 5.91 Å². The molecule has 12 heteroatoms. The summed E-state index contributed by atoms with van der Waals surface area (Å²) in [5, 5.41) is 22.5. The Hall–Kier alpha value is -3.31. The number of amides is 1. The first kappa shape index (κ1) is 17.5. The maximum absolute atomic E-state index is 12.1. The van der Waals surface area contributed by atoms with E-state index >= 15 is 0 Å². The quantitative estimate of drug-likeness (QED) is 0.388. The highest BCUT2D eigenvalue weighted by Crippen LogP contribution is 2.22. The Morgan fingerprint density at radius 2 is 2.08 bits per heavy atom. The van der Waals surface area contributed by atoms with Crippen LogP contribution >= 0.6 is 22.9 Å². The smallest absolute Gasteiger partial charge is 0.324 e. The van der Waals surface area contributed by atoms with Crippen molar-refractivity contribution in [2.75, 3.05) is 5.73 Å². The topological polar surface area (TPSA) is 141 Å². The van der Waals surface area contributed by atoms with Gasteiger partial charge in [-0.25, -0.2) is 5.43 Å². The van der Waals surface area contributed by atoms with Crippen LogP contribution in [0.15, 0.2) is 41.5 Å². The van der Waals surface area contributed by atoms with Crippen molar-refractivity contribution in [2.24, 2.45) is 5.10 Å². The third kappa shape index (κ3) is 3.68. The van der Waals surface area contributed by atoms with Crippen molar-refractivity contribution in [1.29, 1.82) is 0 Å². The molecule has 0 saturated heterocycles. The Morgan fingerprint density at radius 3 is 2.73 bits per heavy atom. The third-order valence-electron chi connectivity index (χ3n) is 3.14. The van der Waals surface area contributed by atoms with Crippen LogP contribution in [0.25, 0.3) is 5.69 Å². The van der Waals surface area contributed by atoms with Crippen LogP contribution in [-0.2, 0) is 0 Å². The summed E-state index contributed by atoms with van der Waals surface area (Å²) in [4.78, 5) is 22.7. The van der Waals surface area contributed by atoms with Gasteiger partial charge in [0, 0.05) is 11.1 Å². The molecule has 3 aromatic rings. The van der Waals surface area contributed by atoms with E-state index in [0.29, 0.717) is 15.6 Å². The van der Waals surface area contributed by atoms with Crippen molar-refractivity contribution in [3.63, 3.8) is 0 Å². The van der Waals surface area contributed by atoms with Crippen molar-refractivity contribution < 1.29 is 9.72 Å². The number of nitrogens with two attached hydrogens (primary N) is 1. The lowest BCUT2D eigenvalue weighted by Gasteiger charge is -2.03. The van der Waals surface area contributed by atoms with E-state index in [1.807, 2.05) is 0 Å². The number of hydrogen-bond acceptors (Lipinski definition) is 8. The average Bonchev–Trinajstić information content (AvgIpc) is 3.23. The van der Waals surface area contributed by atoms with E-state index in [4.69, 9.17) is 17.3 Å². The summed E-state index contributed by atoms with van der Waals surface area (Å²) in [5.41, 5.74) is 8.65. The minimum Gasteiger partial charge on any atom is -0.382 e. The highest BCUT2D eigenvalue weighted by molar-refractivity contribution is 7.16. The number of rotatable bonds is 5. The minimum absolute atomic E-state index is 0.0204. The Morgan fingerprint density at radius 1 is 1.35 bits per heavy atom. The van der Waals surface area contributed by atoms with Crippen molar-refractivity contribution in [3.05, 3.63) is 62.1 Å². The monoisotopic (exact) mass is 391 g/mol. The first-order valence-corrected chi connectivity index (χ1v) is 8.20. The molecule has 3 N–H and O–H groups in total. The number of anilines is 1. The van der Waals surface area contributed by atoms with Crippen LogP contribution in [0.5, 0.6) is 0 Å². The standard InChI is InChI=1S/C14H10ClN7O3S/c15-8-1-3-9(4-2-8)21-13(16)12(18-20-21)14(23)19-17-7-10-5-6-11(26-10)22(24)25/h1-7H,16H2,(H,19,23). The summed E-state index contributed by atoms with van der Waals surface area (Å²) < 4.78 is 1.29. The van der Waals surface area contributed by atoms with Crippen LogP contribution in [0.3, 0.4) is 0 Å². The fourth-order valence-electron chi connectivity index (χ4n) is 1.94. The number of carbonyl (C=O) groups excluding carboxylic acids is 1. The maximum Gasteiger partial charge on any atom is 0.324 e. The Kier molecular flexibility index (Phi) is 4.91. The molecule has 2 heterocycles. The predicted octanol–water partition coefficient (Wildman–Crippen LogP) is 2.24. The number of nitrogen functional groups attached to an aromatic ring is 1. The summed E-state index contributed by atoms with van der Waals surface area (Å²) in [6.45, 7) is 0. The first-order valence-electron chi connectivity index (χ1n) is 7.00. The fraction of sp³-hybridized carbons (Fsp3) is 0. The zero-order valence-corrected chi connectivity index (χ0v) is 14.4. The molecule has 0 bridgehead atoms. The van der Waals surface area contributed by atoms with Gasteiger partial charge in [-0.2, -0.15) is 9.78 Å². The van der Waals surface area contributed by atoms with Gasteiger partial charge in [0.15, 0.2) is 11.5 Å². The van der Waals surface area contributed by atoms with E-state index in [-0.39, 0.29) is 16.5 Å². The molecular formula is C14H10ClN7O3S. The molecule has 26 heavy (non-hydrogen) atoms. The first-order chi connectivity index (χ1) is 12.5. The second kappa shape index (κ2) is 7.29. The maximum atomic E-state index is 12.1. The molecule has 132 valence electrons. The number of nitro groups is 1. The van der Waals surface area contributed by atoms with Gasteiger partial charge in [0.2, 0.25) is 0 Å². The van der Waals surface area contributed by atoms with Crippen LogP contribution in [0.4, 0.5) is 10.8 Å². The number of aromatic nitrogens is 3. The number of benzene rings is 1. The fourth-order valence-corrected chi connectivity index (χ4v) is 2.76. The van der Waals surface area contributed by atoms with Crippen molar-refractivity contribution in [3.8, 4) is 5.69 Å². The van der Waals surface area contributed by atoms with Crippen LogP contribution in [-0.4, -0.2) is 32.0 Å². The Balaban J connectivity index is 1.71. The molecule has 0 aliphatic heterocycles. The normalized spacial score (nSPS) is 11.0. The molecule has 1 aromatic carbocycles. The molecule has 10 nitrogen and oxygen atoms in total. The predicted molar refractivity (Wildman–Crippen MR) is 96.8 cm³/mol. The van der Waals surface area contributed by atoms with E-state index in [0.717, 1.165) is 11.3 Å². The van der Waals surface area contributed by atoms with E-state index in [9.17, 15) is 14.9 Å². The molecule has 1 amide bonds. The summed E-state index contributed by atoms with van der Waals surface area (Å²) in [6.07, 6.45) is 1.29. The zero-order valence-electron chi connectivity index (χ0n) is 12.9. The van der Waals surface area contributed by atoms with Gasteiger partial charge in [-0.15, -0.1) is 5.10 Å². The molecule has 3 rings (SSSR count). The molecule has 0 aliphatic rings. The van der Waals surface area contributed by atoms with Crippen LogP contribution < -0.4 is 11.2 Å². The van der Waals surface area contributed by atoms with Gasteiger partial charge in [0.1, 0.15) is 0 Å². The van der Waals surface area contributed by atoms with Crippen LogP contribution in [0.1, 0.15) is 15.4 Å². The van der Waals surface area contributed by atoms with E-state index in [1.165, 1.54) is 23.0 Å². The molecule has 0 aliphatic carbocycles. The number of hydrazone groups is 1. The number of carbonyl (C=O) groups is 1.